The van der Waals surface area contributed by atoms with E-state index in [0.29, 0.717) is 10.8 Å². The zero-order valence-corrected chi connectivity index (χ0v) is 12.1. The molecule has 0 aromatic heterocycles. The minimum Gasteiger partial charge on any atom is -0.137 e. The molecule has 0 aromatic carbocycles. The van der Waals surface area contributed by atoms with Gasteiger partial charge in [0.05, 0.1) is 0 Å². The summed E-state index contributed by atoms with van der Waals surface area (Å²) in [5.74, 6) is 0.916. The van der Waals surface area contributed by atoms with Crippen LogP contribution in [-0.2, 0) is 0 Å². The largest absolute Gasteiger partial charge is 0.137 e. The molecule has 1 fully saturated rings. The van der Waals surface area contributed by atoms with Gasteiger partial charge in [-0.3, -0.25) is 0 Å². The van der Waals surface area contributed by atoms with Crippen LogP contribution in [-0.4, -0.2) is 6.16 Å². The van der Waals surface area contributed by atoms with E-state index in [2.05, 4.69) is 36.9 Å². The Morgan fingerprint density at radius 3 is 2.00 bits per heavy atom. The smallest absolute Gasteiger partial charge is 0.0284 e. The van der Waals surface area contributed by atoms with E-state index < -0.39 is 0 Å². The summed E-state index contributed by atoms with van der Waals surface area (Å²) in [5.41, 5.74) is 1.16. The monoisotopic (exact) mass is 216 g/mol. The van der Waals surface area contributed by atoms with E-state index >= 15 is 0 Å². The topological polar surface area (TPSA) is 0 Å². The molecule has 1 aliphatic carbocycles. The highest BCUT2D eigenvalue weighted by atomic mass is 31.0. The van der Waals surface area contributed by atoms with E-state index in [1.165, 1.54) is 25.4 Å². The van der Waals surface area contributed by atoms with Gasteiger partial charge in [-0.05, 0) is 42.2 Å². The lowest BCUT2D eigenvalue weighted by atomic mass is 9.62. The Bertz CT molecular complexity index is 163. The molecular weight excluding hydrogens is 187 g/mol. The van der Waals surface area contributed by atoms with Gasteiger partial charge in [0.15, 0.2) is 0 Å². The second-order valence-electron chi connectivity index (χ2n) is 5.87. The second kappa shape index (κ2) is 5.50. The Labute approximate surface area is 93.4 Å². The molecule has 1 rings (SSSR count). The van der Waals surface area contributed by atoms with Crippen LogP contribution in [0.3, 0.4) is 0 Å². The molecule has 1 heteroatoms. The van der Waals surface area contributed by atoms with Crippen LogP contribution in [0.1, 0.15) is 60.8 Å². The van der Waals surface area contributed by atoms with Crippen molar-refractivity contribution in [3.05, 3.63) is 0 Å². The predicted molar refractivity (Wildman–Crippen MR) is 70.8 cm³/mol. The molecule has 0 aromatic rings. The van der Waals surface area contributed by atoms with Crippen molar-refractivity contribution in [1.29, 1.82) is 0 Å². The third kappa shape index (κ3) is 4.30. The van der Waals surface area contributed by atoms with E-state index in [4.69, 9.17) is 0 Å². The maximum atomic E-state index is 2.92. The summed E-state index contributed by atoms with van der Waals surface area (Å²) < 4.78 is 0. The Morgan fingerprint density at radius 2 is 1.64 bits per heavy atom. The minimum absolute atomic E-state index is 0.572. The molecular formula is C13H29P. The standard InChI is InChI=1S/C11H23P.C2H6/c1-9-5-10(2,3)7-11(4,6-9)8-12;1-2/h9H,5-8,12H2,1-4H3;1-2H3. The molecule has 0 amide bonds. The highest BCUT2D eigenvalue weighted by Crippen LogP contribution is 2.49. The zero-order valence-electron chi connectivity index (χ0n) is 11.0. The fraction of sp³-hybridized carbons (Fsp3) is 1.00. The summed E-state index contributed by atoms with van der Waals surface area (Å²) in [6.07, 6.45) is 5.49. The van der Waals surface area contributed by atoms with Gasteiger partial charge in [-0.2, -0.15) is 0 Å². The molecule has 86 valence electrons. The molecule has 0 bridgehead atoms. The minimum atomic E-state index is 0.572. The molecule has 0 aliphatic heterocycles. The van der Waals surface area contributed by atoms with Gasteiger partial charge in [0.1, 0.15) is 0 Å². The highest BCUT2D eigenvalue weighted by molar-refractivity contribution is 7.16. The van der Waals surface area contributed by atoms with Gasteiger partial charge in [-0.25, -0.2) is 0 Å². The zero-order chi connectivity index (χ0) is 11.4. The Hall–Kier alpha value is 0.430. The molecule has 3 atom stereocenters. The van der Waals surface area contributed by atoms with Crippen molar-refractivity contribution in [3.63, 3.8) is 0 Å². The van der Waals surface area contributed by atoms with E-state index in [1.807, 2.05) is 13.8 Å². The van der Waals surface area contributed by atoms with Gasteiger partial charge in [0, 0.05) is 0 Å². The molecule has 3 unspecified atom stereocenters. The summed E-state index contributed by atoms with van der Waals surface area (Å²) in [4.78, 5) is 0. The Morgan fingerprint density at radius 1 is 1.14 bits per heavy atom. The first-order valence-corrected chi connectivity index (χ1v) is 6.89. The van der Waals surface area contributed by atoms with Gasteiger partial charge in [-0.1, -0.05) is 41.5 Å². The predicted octanol–water partition coefficient (Wildman–Crippen LogP) is 4.74. The summed E-state index contributed by atoms with van der Waals surface area (Å²) in [7, 11) is 2.92. The van der Waals surface area contributed by atoms with Gasteiger partial charge < -0.3 is 0 Å². The highest BCUT2D eigenvalue weighted by Gasteiger charge is 2.38. The summed E-state index contributed by atoms with van der Waals surface area (Å²) >= 11 is 0. The third-order valence-corrected chi connectivity index (χ3v) is 4.13. The summed E-state index contributed by atoms with van der Waals surface area (Å²) in [5, 5.41) is 0. The second-order valence-corrected chi connectivity index (χ2v) is 6.28. The van der Waals surface area contributed by atoms with Crippen LogP contribution in [0.2, 0.25) is 0 Å². The molecule has 0 spiro atoms. The third-order valence-electron chi connectivity index (χ3n) is 3.14. The Kier molecular flexibility index (Phi) is 5.67. The first-order valence-electron chi connectivity index (χ1n) is 6.07. The molecule has 0 saturated heterocycles. The molecule has 1 saturated carbocycles. The molecule has 0 nitrogen and oxygen atoms in total. The molecule has 0 N–H and O–H groups in total. The van der Waals surface area contributed by atoms with Crippen molar-refractivity contribution in [2.45, 2.75) is 60.8 Å². The maximum Gasteiger partial charge on any atom is -0.0284 e. The number of hydrogen-bond donors (Lipinski definition) is 0. The molecule has 1 aliphatic rings. The lowest BCUT2D eigenvalue weighted by Gasteiger charge is -2.45. The van der Waals surface area contributed by atoms with Crippen LogP contribution in [0, 0.1) is 16.7 Å². The quantitative estimate of drug-likeness (QED) is 0.555. The van der Waals surface area contributed by atoms with Crippen molar-refractivity contribution in [3.8, 4) is 0 Å². The van der Waals surface area contributed by atoms with Crippen LogP contribution in [0.25, 0.3) is 0 Å². The van der Waals surface area contributed by atoms with Crippen molar-refractivity contribution in [1.82, 2.24) is 0 Å². The van der Waals surface area contributed by atoms with Crippen molar-refractivity contribution in [2.75, 3.05) is 6.16 Å². The van der Waals surface area contributed by atoms with Gasteiger partial charge in [-0.15, -0.1) is 9.24 Å². The number of hydrogen-bond acceptors (Lipinski definition) is 0. The fourth-order valence-electron chi connectivity index (χ4n) is 3.31. The number of rotatable bonds is 1. The lowest BCUT2D eigenvalue weighted by Crippen LogP contribution is -2.35. The summed E-state index contributed by atoms with van der Waals surface area (Å²) in [6.45, 7) is 13.7. The lowest BCUT2D eigenvalue weighted by molar-refractivity contribution is 0.0787. The molecule has 14 heavy (non-hydrogen) atoms. The molecule has 0 heterocycles. The van der Waals surface area contributed by atoms with E-state index in [0.717, 1.165) is 5.92 Å². The van der Waals surface area contributed by atoms with Crippen LogP contribution >= 0.6 is 9.24 Å². The maximum absolute atomic E-state index is 2.92. The van der Waals surface area contributed by atoms with Crippen molar-refractivity contribution >= 4 is 9.24 Å². The Balaban J connectivity index is 0.000000791. The average molecular weight is 216 g/mol. The van der Waals surface area contributed by atoms with Crippen LogP contribution in [0.4, 0.5) is 0 Å². The van der Waals surface area contributed by atoms with Crippen LogP contribution in [0.5, 0.6) is 0 Å². The van der Waals surface area contributed by atoms with Gasteiger partial charge in [0.25, 0.3) is 0 Å². The van der Waals surface area contributed by atoms with Crippen LogP contribution < -0.4 is 0 Å². The van der Waals surface area contributed by atoms with Gasteiger partial charge in [0.2, 0.25) is 0 Å². The van der Waals surface area contributed by atoms with Crippen LogP contribution in [0.15, 0.2) is 0 Å². The SMILES string of the molecule is CC.CC1CC(C)(C)CC(C)(CP)C1. The van der Waals surface area contributed by atoms with E-state index in [9.17, 15) is 0 Å². The van der Waals surface area contributed by atoms with E-state index in [-0.39, 0.29) is 0 Å². The normalized spacial score (nSPS) is 35.8. The van der Waals surface area contributed by atoms with Crippen molar-refractivity contribution < 1.29 is 0 Å². The van der Waals surface area contributed by atoms with Gasteiger partial charge >= 0.3 is 0 Å². The fourth-order valence-corrected chi connectivity index (χ4v) is 3.62. The average Bonchev–Trinajstić information content (AvgIpc) is 2.04. The first kappa shape index (κ1) is 14.4. The van der Waals surface area contributed by atoms with Crippen molar-refractivity contribution in [2.24, 2.45) is 16.7 Å². The van der Waals surface area contributed by atoms with E-state index in [1.54, 1.807) is 0 Å². The first-order chi connectivity index (χ1) is 6.37. The molecule has 0 radical (unpaired) electrons. The summed E-state index contributed by atoms with van der Waals surface area (Å²) in [6, 6.07) is 0.